The number of rotatable bonds is 6. The number of carbonyl (C=O) groups is 1. The van der Waals surface area contributed by atoms with Gasteiger partial charge >= 0.3 is 6.03 Å². The standard InChI is InChI=1S/C13H20FN3O2/c1-3-6-13(2,9-18)17-12(19)16-8-11-10(14)5-4-7-15-11/h4-5,7,18H,3,6,8-9H2,1-2H3,(H2,16,17,19). The lowest BCUT2D eigenvalue weighted by Gasteiger charge is -2.28. The average molecular weight is 269 g/mol. The van der Waals surface area contributed by atoms with Crippen molar-refractivity contribution in [1.82, 2.24) is 15.6 Å². The SMILES string of the molecule is CCCC(C)(CO)NC(=O)NCc1ncccc1F. The van der Waals surface area contributed by atoms with E-state index in [1.54, 1.807) is 6.92 Å². The average Bonchev–Trinajstić information content (AvgIpc) is 2.38. The summed E-state index contributed by atoms with van der Waals surface area (Å²) in [5.41, 5.74) is -0.486. The molecule has 0 aliphatic carbocycles. The molecule has 0 aliphatic rings. The summed E-state index contributed by atoms with van der Waals surface area (Å²) in [5.74, 6) is -0.457. The van der Waals surface area contributed by atoms with Gasteiger partial charge in [-0.1, -0.05) is 13.3 Å². The molecule has 0 aromatic carbocycles. The van der Waals surface area contributed by atoms with Crippen molar-refractivity contribution >= 4 is 6.03 Å². The molecule has 0 aliphatic heterocycles. The number of aliphatic hydroxyl groups excluding tert-OH is 1. The number of pyridine rings is 1. The topological polar surface area (TPSA) is 74.2 Å². The summed E-state index contributed by atoms with van der Waals surface area (Å²) in [7, 11) is 0. The smallest absolute Gasteiger partial charge is 0.315 e. The molecule has 5 nitrogen and oxygen atoms in total. The third-order valence-electron chi connectivity index (χ3n) is 2.82. The number of hydrogen-bond donors (Lipinski definition) is 3. The Morgan fingerprint density at radius 3 is 2.89 bits per heavy atom. The summed E-state index contributed by atoms with van der Waals surface area (Å²) in [5, 5.41) is 14.5. The Balaban J connectivity index is 2.50. The molecule has 1 atom stereocenters. The lowest BCUT2D eigenvalue weighted by Crippen LogP contribution is -2.52. The lowest BCUT2D eigenvalue weighted by atomic mass is 9.98. The van der Waals surface area contributed by atoms with Crippen LogP contribution in [0.25, 0.3) is 0 Å². The Kier molecular flexibility index (Phi) is 5.69. The normalized spacial score (nSPS) is 13.7. The highest BCUT2D eigenvalue weighted by molar-refractivity contribution is 5.74. The van der Waals surface area contributed by atoms with E-state index < -0.39 is 17.4 Å². The number of hydrogen-bond acceptors (Lipinski definition) is 3. The Hall–Kier alpha value is -1.69. The predicted octanol–water partition coefficient (Wildman–Crippen LogP) is 1.57. The number of halogens is 1. The monoisotopic (exact) mass is 269 g/mol. The summed E-state index contributed by atoms with van der Waals surface area (Å²) in [4.78, 5) is 15.5. The summed E-state index contributed by atoms with van der Waals surface area (Å²) in [6.45, 7) is 3.59. The minimum Gasteiger partial charge on any atom is -0.394 e. The fourth-order valence-electron chi connectivity index (χ4n) is 1.76. The van der Waals surface area contributed by atoms with Gasteiger partial charge in [0, 0.05) is 6.20 Å². The molecule has 1 aromatic heterocycles. The van der Waals surface area contributed by atoms with E-state index in [4.69, 9.17) is 0 Å². The molecule has 0 saturated carbocycles. The van der Waals surface area contributed by atoms with Gasteiger partial charge in [-0.05, 0) is 25.5 Å². The highest BCUT2D eigenvalue weighted by atomic mass is 19.1. The van der Waals surface area contributed by atoms with Crippen LogP contribution in [0.4, 0.5) is 9.18 Å². The number of urea groups is 1. The maximum Gasteiger partial charge on any atom is 0.315 e. The van der Waals surface area contributed by atoms with Crippen molar-refractivity contribution in [3.63, 3.8) is 0 Å². The van der Waals surface area contributed by atoms with Gasteiger partial charge in [0.25, 0.3) is 0 Å². The van der Waals surface area contributed by atoms with E-state index in [-0.39, 0.29) is 18.8 Å². The largest absolute Gasteiger partial charge is 0.394 e. The van der Waals surface area contributed by atoms with E-state index in [1.165, 1.54) is 18.3 Å². The van der Waals surface area contributed by atoms with E-state index in [2.05, 4.69) is 15.6 Å². The number of aliphatic hydroxyl groups is 1. The van der Waals surface area contributed by atoms with E-state index in [0.29, 0.717) is 6.42 Å². The van der Waals surface area contributed by atoms with Crippen molar-refractivity contribution in [2.45, 2.75) is 38.8 Å². The first-order chi connectivity index (χ1) is 9.00. The quantitative estimate of drug-likeness (QED) is 0.734. The molecule has 0 spiro atoms. The van der Waals surface area contributed by atoms with Gasteiger partial charge in [0.05, 0.1) is 24.4 Å². The second-order valence-electron chi connectivity index (χ2n) is 4.71. The molecule has 0 fully saturated rings. The Labute approximate surface area is 112 Å². The van der Waals surface area contributed by atoms with Crippen LogP contribution in [0.2, 0.25) is 0 Å². The summed E-state index contributed by atoms with van der Waals surface area (Å²) < 4.78 is 13.3. The van der Waals surface area contributed by atoms with Gasteiger partial charge in [-0.25, -0.2) is 9.18 Å². The van der Waals surface area contributed by atoms with Crippen LogP contribution in [0.15, 0.2) is 18.3 Å². The van der Waals surface area contributed by atoms with E-state index in [0.717, 1.165) is 6.42 Å². The molecule has 0 saturated heterocycles. The number of aromatic nitrogens is 1. The van der Waals surface area contributed by atoms with Crippen molar-refractivity contribution in [2.24, 2.45) is 0 Å². The molecule has 0 bridgehead atoms. The van der Waals surface area contributed by atoms with Gasteiger partial charge in [-0.2, -0.15) is 0 Å². The molecule has 1 rings (SSSR count). The van der Waals surface area contributed by atoms with Crippen molar-refractivity contribution in [1.29, 1.82) is 0 Å². The van der Waals surface area contributed by atoms with Gasteiger partial charge in [-0.3, -0.25) is 4.98 Å². The van der Waals surface area contributed by atoms with Gasteiger partial charge in [-0.15, -0.1) is 0 Å². The van der Waals surface area contributed by atoms with Gasteiger partial charge in [0.2, 0.25) is 0 Å². The van der Waals surface area contributed by atoms with Crippen LogP contribution in [0, 0.1) is 5.82 Å². The molecule has 19 heavy (non-hydrogen) atoms. The van der Waals surface area contributed by atoms with Crippen LogP contribution in [-0.4, -0.2) is 28.3 Å². The van der Waals surface area contributed by atoms with Gasteiger partial charge in [0.15, 0.2) is 0 Å². The van der Waals surface area contributed by atoms with Crippen LogP contribution in [-0.2, 0) is 6.54 Å². The molecule has 2 amide bonds. The first kappa shape index (κ1) is 15.4. The summed E-state index contributed by atoms with van der Waals surface area (Å²) in [6, 6.07) is 2.33. The van der Waals surface area contributed by atoms with Crippen LogP contribution < -0.4 is 10.6 Å². The molecule has 1 heterocycles. The molecular weight excluding hydrogens is 249 g/mol. The fraction of sp³-hybridized carbons (Fsp3) is 0.538. The van der Waals surface area contributed by atoms with Crippen LogP contribution in [0.1, 0.15) is 32.4 Å². The second-order valence-corrected chi connectivity index (χ2v) is 4.71. The minimum absolute atomic E-state index is 0.00609. The predicted molar refractivity (Wildman–Crippen MR) is 70.0 cm³/mol. The van der Waals surface area contributed by atoms with Crippen LogP contribution in [0.5, 0.6) is 0 Å². The Bertz CT molecular complexity index is 428. The van der Waals surface area contributed by atoms with Crippen molar-refractivity contribution in [3.05, 3.63) is 29.8 Å². The highest BCUT2D eigenvalue weighted by Crippen LogP contribution is 2.11. The first-order valence-corrected chi connectivity index (χ1v) is 6.27. The maximum absolute atomic E-state index is 13.3. The molecule has 1 aromatic rings. The van der Waals surface area contributed by atoms with Crippen molar-refractivity contribution in [2.75, 3.05) is 6.61 Å². The third kappa shape index (κ3) is 4.82. The Morgan fingerprint density at radius 2 is 2.32 bits per heavy atom. The van der Waals surface area contributed by atoms with Gasteiger partial charge < -0.3 is 15.7 Å². The summed E-state index contributed by atoms with van der Waals surface area (Å²) in [6.07, 6.45) is 2.97. The van der Waals surface area contributed by atoms with Gasteiger partial charge in [0.1, 0.15) is 5.82 Å². The number of carbonyl (C=O) groups excluding carboxylic acids is 1. The summed E-state index contributed by atoms with van der Waals surface area (Å²) >= 11 is 0. The third-order valence-corrected chi connectivity index (χ3v) is 2.82. The lowest BCUT2D eigenvalue weighted by molar-refractivity contribution is 0.163. The molecular formula is C13H20FN3O2. The fourth-order valence-corrected chi connectivity index (χ4v) is 1.76. The zero-order chi connectivity index (χ0) is 14.3. The number of nitrogens with zero attached hydrogens (tertiary/aromatic N) is 1. The second kappa shape index (κ2) is 7.04. The molecule has 106 valence electrons. The Morgan fingerprint density at radius 1 is 1.58 bits per heavy atom. The first-order valence-electron chi connectivity index (χ1n) is 6.27. The van der Waals surface area contributed by atoms with E-state index in [1.807, 2.05) is 6.92 Å². The molecule has 0 radical (unpaired) electrons. The van der Waals surface area contributed by atoms with Crippen molar-refractivity contribution in [3.8, 4) is 0 Å². The molecule has 3 N–H and O–H groups in total. The van der Waals surface area contributed by atoms with Crippen LogP contribution in [0.3, 0.4) is 0 Å². The zero-order valence-electron chi connectivity index (χ0n) is 11.2. The van der Waals surface area contributed by atoms with Crippen LogP contribution >= 0.6 is 0 Å². The zero-order valence-corrected chi connectivity index (χ0v) is 11.2. The van der Waals surface area contributed by atoms with E-state index >= 15 is 0 Å². The van der Waals surface area contributed by atoms with Crippen molar-refractivity contribution < 1.29 is 14.3 Å². The molecule has 6 heteroatoms. The van der Waals surface area contributed by atoms with E-state index in [9.17, 15) is 14.3 Å². The number of nitrogens with one attached hydrogen (secondary N) is 2. The number of amides is 2. The maximum atomic E-state index is 13.3. The minimum atomic E-state index is -0.665. The highest BCUT2D eigenvalue weighted by Gasteiger charge is 2.24. The molecule has 1 unspecified atom stereocenters.